The Morgan fingerprint density at radius 3 is 2.70 bits per heavy atom. The number of aromatic nitrogens is 1. The molecule has 0 spiro atoms. The van der Waals surface area contributed by atoms with Gasteiger partial charge in [-0.15, -0.1) is 0 Å². The number of rotatable bonds is 3. The van der Waals surface area contributed by atoms with E-state index in [0.29, 0.717) is 32.0 Å². The van der Waals surface area contributed by atoms with Crippen molar-refractivity contribution in [2.45, 2.75) is 31.3 Å². The normalized spacial score (nSPS) is 25.8. The molecule has 5 nitrogen and oxygen atoms in total. The van der Waals surface area contributed by atoms with Crippen molar-refractivity contribution < 1.29 is 18.7 Å². The van der Waals surface area contributed by atoms with Crippen LogP contribution >= 0.6 is 0 Å². The Hall–Kier alpha value is -1.60. The molecule has 1 N–H and O–H groups in total. The molecule has 3 rings (SSSR count). The lowest BCUT2D eigenvalue weighted by Crippen LogP contribution is -2.55. The minimum absolute atomic E-state index is 0.154. The Bertz CT molecular complexity index is 593. The van der Waals surface area contributed by atoms with Gasteiger partial charge in [-0.3, -0.25) is 4.79 Å². The van der Waals surface area contributed by atoms with E-state index in [1.54, 1.807) is 0 Å². The summed E-state index contributed by atoms with van der Waals surface area (Å²) in [6.45, 7) is 3.05. The van der Waals surface area contributed by atoms with Gasteiger partial charge in [0.15, 0.2) is 11.5 Å². The van der Waals surface area contributed by atoms with Crippen LogP contribution in [-0.2, 0) is 0 Å². The van der Waals surface area contributed by atoms with Crippen molar-refractivity contribution in [1.82, 2.24) is 14.8 Å². The predicted octanol–water partition coefficient (Wildman–Crippen LogP) is 1.42. The molecular weight excluding hydrogens is 304 g/mol. The van der Waals surface area contributed by atoms with E-state index in [1.165, 1.54) is 4.90 Å². The third-order valence-corrected chi connectivity index (χ3v) is 4.57. The molecule has 0 bridgehead atoms. The zero-order chi connectivity index (χ0) is 16.4. The van der Waals surface area contributed by atoms with Crippen LogP contribution in [0.2, 0.25) is 0 Å². The first kappa shape index (κ1) is 16.3. The maximum Gasteiger partial charge on any atom is 0.275 e. The Labute approximate surface area is 133 Å². The second kappa shape index (κ2) is 6.49. The highest BCUT2D eigenvalue weighted by Gasteiger charge is 2.38. The summed E-state index contributed by atoms with van der Waals surface area (Å²) < 4.78 is 26.7. The maximum absolute atomic E-state index is 13.8. The van der Waals surface area contributed by atoms with Crippen molar-refractivity contribution in [3.63, 3.8) is 0 Å². The van der Waals surface area contributed by atoms with Gasteiger partial charge in [0.2, 0.25) is 0 Å². The number of hydrogen-bond acceptors (Lipinski definition) is 4. The van der Waals surface area contributed by atoms with Crippen LogP contribution in [0.1, 0.15) is 36.2 Å². The Kier molecular flexibility index (Phi) is 4.59. The fraction of sp³-hybridized carbons (Fsp3) is 0.625. The summed E-state index contributed by atoms with van der Waals surface area (Å²) in [5.74, 6) is -2.38. The van der Waals surface area contributed by atoms with Crippen LogP contribution in [0.3, 0.4) is 0 Å². The lowest BCUT2D eigenvalue weighted by atomic mass is 9.92. The summed E-state index contributed by atoms with van der Waals surface area (Å²) in [7, 11) is 0. The first-order valence-electron chi connectivity index (χ1n) is 8.02. The van der Waals surface area contributed by atoms with Gasteiger partial charge in [0.05, 0.1) is 18.3 Å². The maximum atomic E-state index is 13.8. The molecule has 1 atom stereocenters. The van der Waals surface area contributed by atoms with Crippen LogP contribution in [-0.4, -0.2) is 64.1 Å². The van der Waals surface area contributed by atoms with Crippen molar-refractivity contribution in [2.75, 3.05) is 32.7 Å². The summed E-state index contributed by atoms with van der Waals surface area (Å²) in [6, 6.07) is 0.653. The molecule has 7 heteroatoms. The van der Waals surface area contributed by atoms with Gasteiger partial charge in [0, 0.05) is 19.2 Å². The van der Waals surface area contributed by atoms with E-state index in [0.717, 1.165) is 32.1 Å². The highest BCUT2D eigenvalue weighted by molar-refractivity contribution is 5.92. The molecule has 1 aromatic heterocycles. The van der Waals surface area contributed by atoms with Crippen LogP contribution in [0.4, 0.5) is 8.78 Å². The zero-order valence-electron chi connectivity index (χ0n) is 13.0. The fourth-order valence-electron chi connectivity index (χ4n) is 3.49. The van der Waals surface area contributed by atoms with Gasteiger partial charge in [-0.25, -0.2) is 13.8 Å². The first-order valence-corrected chi connectivity index (χ1v) is 8.02. The number of amides is 1. The number of aliphatic hydroxyl groups is 1. The molecule has 126 valence electrons. The standard InChI is InChI=1S/C16H21F2N3O2/c17-12-8-13(18)14(19-9-12)15(22)21-7-3-4-16(23,11-21)10-20-5-1-2-6-20/h8-9,23H,1-7,10-11H2/t16-/m0/s1. The molecule has 2 saturated heterocycles. The van der Waals surface area contributed by atoms with Crippen molar-refractivity contribution in [3.8, 4) is 0 Å². The zero-order valence-corrected chi connectivity index (χ0v) is 13.0. The molecule has 1 aromatic rings. The van der Waals surface area contributed by atoms with Gasteiger partial charge in [0.25, 0.3) is 5.91 Å². The van der Waals surface area contributed by atoms with Crippen LogP contribution in [0.5, 0.6) is 0 Å². The summed E-state index contributed by atoms with van der Waals surface area (Å²) in [6.07, 6.45) is 4.36. The number of piperidine rings is 1. The van der Waals surface area contributed by atoms with Crippen molar-refractivity contribution in [1.29, 1.82) is 0 Å². The molecule has 0 radical (unpaired) electrons. The summed E-state index contributed by atoms with van der Waals surface area (Å²) >= 11 is 0. The van der Waals surface area contributed by atoms with Crippen LogP contribution in [0.15, 0.2) is 12.3 Å². The Morgan fingerprint density at radius 2 is 2.00 bits per heavy atom. The average molecular weight is 325 g/mol. The molecule has 2 aliphatic heterocycles. The van der Waals surface area contributed by atoms with Gasteiger partial charge in [0.1, 0.15) is 5.82 Å². The minimum atomic E-state index is -0.977. The molecule has 0 saturated carbocycles. The molecule has 0 unspecified atom stereocenters. The van der Waals surface area contributed by atoms with Crippen LogP contribution < -0.4 is 0 Å². The van der Waals surface area contributed by atoms with Gasteiger partial charge < -0.3 is 14.9 Å². The van der Waals surface area contributed by atoms with E-state index in [4.69, 9.17) is 0 Å². The van der Waals surface area contributed by atoms with E-state index in [2.05, 4.69) is 9.88 Å². The largest absolute Gasteiger partial charge is 0.387 e. The molecule has 1 amide bonds. The van der Waals surface area contributed by atoms with Crippen LogP contribution in [0, 0.1) is 11.6 Å². The van der Waals surface area contributed by atoms with E-state index < -0.39 is 28.8 Å². The second-order valence-electron chi connectivity index (χ2n) is 6.52. The van der Waals surface area contributed by atoms with Gasteiger partial charge in [-0.2, -0.15) is 0 Å². The van der Waals surface area contributed by atoms with E-state index in [9.17, 15) is 18.7 Å². The third kappa shape index (κ3) is 3.67. The van der Waals surface area contributed by atoms with E-state index in [1.807, 2.05) is 0 Å². The van der Waals surface area contributed by atoms with E-state index >= 15 is 0 Å². The third-order valence-electron chi connectivity index (χ3n) is 4.57. The first-order chi connectivity index (χ1) is 11.0. The molecule has 0 aromatic carbocycles. The van der Waals surface area contributed by atoms with Gasteiger partial charge >= 0.3 is 0 Å². The predicted molar refractivity (Wildman–Crippen MR) is 79.9 cm³/mol. The van der Waals surface area contributed by atoms with Gasteiger partial charge in [-0.1, -0.05) is 0 Å². The van der Waals surface area contributed by atoms with Crippen LogP contribution in [0.25, 0.3) is 0 Å². The molecule has 2 fully saturated rings. The number of carbonyl (C=O) groups excluding carboxylic acids is 1. The lowest BCUT2D eigenvalue weighted by molar-refractivity contribution is -0.0433. The number of hydrogen-bond donors (Lipinski definition) is 1. The van der Waals surface area contributed by atoms with Crippen molar-refractivity contribution in [2.24, 2.45) is 0 Å². The minimum Gasteiger partial charge on any atom is -0.387 e. The number of likely N-dealkylation sites (tertiary alicyclic amines) is 2. The Morgan fingerprint density at radius 1 is 1.26 bits per heavy atom. The SMILES string of the molecule is O=C(c1ncc(F)cc1F)N1CCC[C@](O)(CN2CCCC2)C1. The smallest absolute Gasteiger partial charge is 0.275 e. The summed E-state index contributed by atoms with van der Waals surface area (Å²) in [5, 5.41) is 10.8. The average Bonchev–Trinajstić information content (AvgIpc) is 2.99. The fourth-order valence-corrected chi connectivity index (χ4v) is 3.49. The van der Waals surface area contributed by atoms with Crippen molar-refractivity contribution >= 4 is 5.91 Å². The highest BCUT2D eigenvalue weighted by Crippen LogP contribution is 2.25. The molecule has 0 aliphatic carbocycles. The van der Waals surface area contributed by atoms with Crippen molar-refractivity contribution in [3.05, 3.63) is 29.6 Å². The number of halogens is 2. The topological polar surface area (TPSA) is 56.7 Å². The molecule has 2 aliphatic rings. The number of nitrogens with zero attached hydrogens (tertiary/aromatic N) is 3. The number of β-amino-alcohol motifs (C(OH)–C–C–N with tert-alkyl or cyclic N) is 1. The summed E-state index contributed by atoms with van der Waals surface area (Å²) in [4.78, 5) is 19.6. The summed E-state index contributed by atoms with van der Waals surface area (Å²) in [5.41, 5.74) is -1.37. The number of pyridine rings is 1. The van der Waals surface area contributed by atoms with E-state index in [-0.39, 0.29) is 6.54 Å². The Balaban J connectivity index is 1.70. The lowest BCUT2D eigenvalue weighted by Gasteiger charge is -2.41. The molecular formula is C16H21F2N3O2. The quantitative estimate of drug-likeness (QED) is 0.913. The number of carbonyl (C=O) groups is 1. The monoisotopic (exact) mass is 325 g/mol. The second-order valence-corrected chi connectivity index (χ2v) is 6.52. The molecule has 23 heavy (non-hydrogen) atoms. The highest BCUT2D eigenvalue weighted by atomic mass is 19.1. The van der Waals surface area contributed by atoms with Gasteiger partial charge in [-0.05, 0) is 38.8 Å². The molecule has 3 heterocycles.